The van der Waals surface area contributed by atoms with Crippen molar-refractivity contribution in [1.82, 2.24) is 9.88 Å². The van der Waals surface area contributed by atoms with Gasteiger partial charge in [0.1, 0.15) is 0 Å². The molecule has 2 aromatic rings. The average molecular weight is 343 g/mol. The Bertz CT molecular complexity index is 587. The van der Waals surface area contributed by atoms with Crippen LogP contribution in [-0.4, -0.2) is 27.9 Å². The number of rotatable bonds is 8. The van der Waals surface area contributed by atoms with Crippen molar-refractivity contribution in [3.05, 3.63) is 65.5 Å². The van der Waals surface area contributed by atoms with E-state index < -0.39 is 0 Å². The summed E-state index contributed by atoms with van der Waals surface area (Å²) < 4.78 is 0. The number of thioether (sulfide) groups is 1. The van der Waals surface area contributed by atoms with Gasteiger partial charge in [0.05, 0.1) is 5.69 Å². The topological polar surface area (TPSA) is 16.1 Å². The second-order valence-corrected chi connectivity index (χ2v) is 8.58. The van der Waals surface area contributed by atoms with Crippen LogP contribution in [0.15, 0.2) is 48.7 Å². The first-order valence-corrected chi connectivity index (χ1v) is 9.94. The predicted octanol–water partition coefficient (Wildman–Crippen LogP) is 5.13. The number of hydrogen-bond donors (Lipinski definition) is 0. The third-order valence-corrected chi connectivity index (χ3v) is 4.96. The molecule has 130 valence electrons. The van der Waals surface area contributed by atoms with E-state index in [4.69, 9.17) is 4.98 Å². The molecule has 0 aliphatic heterocycles. The molecule has 0 spiro atoms. The molecule has 0 N–H and O–H groups in total. The van der Waals surface area contributed by atoms with E-state index in [-0.39, 0.29) is 5.41 Å². The van der Waals surface area contributed by atoms with Crippen LogP contribution in [0.1, 0.15) is 44.5 Å². The third-order valence-electron chi connectivity index (χ3n) is 4.08. The lowest BCUT2D eigenvalue weighted by Crippen LogP contribution is -2.26. The maximum atomic E-state index is 4.71. The maximum absolute atomic E-state index is 4.71. The van der Waals surface area contributed by atoms with E-state index >= 15 is 0 Å². The molecule has 0 saturated carbocycles. The molecule has 1 heterocycles. The molecule has 0 amide bonds. The molecule has 2 nitrogen and oxygen atoms in total. The van der Waals surface area contributed by atoms with Crippen molar-refractivity contribution >= 4 is 11.8 Å². The molecular formula is C21H30N2S. The first-order valence-electron chi connectivity index (χ1n) is 8.78. The molecule has 24 heavy (non-hydrogen) atoms. The summed E-state index contributed by atoms with van der Waals surface area (Å²) in [4.78, 5) is 7.20. The van der Waals surface area contributed by atoms with Gasteiger partial charge in [-0.05, 0) is 28.4 Å². The highest BCUT2D eigenvalue weighted by Gasteiger charge is 2.14. The standard InChI is InChI=1S/C21H30N2S/c1-5-24-14-13-23(16-18-9-7-6-8-10-18)17-20-12-11-19(15-22-20)21(2,3)4/h6-12,15H,5,13-14,16-17H2,1-4H3. The largest absolute Gasteiger partial charge is 0.292 e. The quantitative estimate of drug-likeness (QED) is 0.618. The number of aromatic nitrogens is 1. The molecule has 1 aromatic heterocycles. The van der Waals surface area contributed by atoms with Gasteiger partial charge in [-0.15, -0.1) is 0 Å². The Kier molecular flexibility index (Phi) is 7.32. The van der Waals surface area contributed by atoms with Crippen molar-refractivity contribution in [3.8, 4) is 0 Å². The van der Waals surface area contributed by atoms with E-state index in [2.05, 4.69) is 75.1 Å². The van der Waals surface area contributed by atoms with Gasteiger partial charge in [0.25, 0.3) is 0 Å². The van der Waals surface area contributed by atoms with Crippen LogP contribution in [0.25, 0.3) is 0 Å². The van der Waals surface area contributed by atoms with Gasteiger partial charge < -0.3 is 0 Å². The van der Waals surface area contributed by atoms with Crippen LogP contribution in [0.2, 0.25) is 0 Å². The first-order chi connectivity index (χ1) is 11.5. The summed E-state index contributed by atoms with van der Waals surface area (Å²) in [5.74, 6) is 2.35. The van der Waals surface area contributed by atoms with Crippen LogP contribution >= 0.6 is 11.8 Å². The molecule has 0 fully saturated rings. The van der Waals surface area contributed by atoms with E-state index in [0.29, 0.717) is 0 Å². The van der Waals surface area contributed by atoms with Gasteiger partial charge in [-0.1, -0.05) is 64.1 Å². The highest BCUT2D eigenvalue weighted by Crippen LogP contribution is 2.21. The number of pyridine rings is 1. The van der Waals surface area contributed by atoms with Gasteiger partial charge in [0, 0.05) is 31.6 Å². The van der Waals surface area contributed by atoms with Crippen LogP contribution in [0.3, 0.4) is 0 Å². The second kappa shape index (κ2) is 9.24. The molecular weight excluding hydrogens is 312 g/mol. The van der Waals surface area contributed by atoms with Crippen molar-refractivity contribution in [3.63, 3.8) is 0 Å². The monoisotopic (exact) mass is 342 g/mol. The lowest BCUT2D eigenvalue weighted by molar-refractivity contribution is 0.270. The normalized spacial score (nSPS) is 11.9. The Hall–Kier alpha value is -1.32. The Morgan fingerprint density at radius 2 is 1.75 bits per heavy atom. The zero-order chi connectivity index (χ0) is 17.4. The highest BCUT2D eigenvalue weighted by atomic mass is 32.2. The molecule has 0 radical (unpaired) electrons. The Morgan fingerprint density at radius 1 is 1.00 bits per heavy atom. The fourth-order valence-electron chi connectivity index (χ4n) is 2.58. The van der Waals surface area contributed by atoms with Crippen molar-refractivity contribution < 1.29 is 0 Å². The van der Waals surface area contributed by atoms with E-state index in [0.717, 1.165) is 25.3 Å². The second-order valence-electron chi connectivity index (χ2n) is 7.18. The molecule has 0 atom stereocenters. The molecule has 1 aromatic carbocycles. The predicted molar refractivity (Wildman–Crippen MR) is 106 cm³/mol. The number of nitrogens with zero attached hydrogens (tertiary/aromatic N) is 2. The Balaban J connectivity index is 2.03. The van der Waals surface area contributed by atoms with Crippen LogP contribution < -0.4 is 0 Å². The van der Waals surface area contributed by atoms with Crippen LogP contribution in [-0.2, 0) is 18.5 Å². The molecule has 3 heteroatoms. The number of benzene rings is 1. The highest BCUT2D eigenvalue weighted by molar-refractivity contribution is 7.99. The zero-order valence-corrected chi connectivity index (χ0v) is 16.3. The SMILES string of the molecule is CCSCCN(Cc1ccccc1)Cc1ccc(C(C)(C)C)cn1. The minimum Gasteiger partial charge on any atom is -0.292 e. The minimum absolute atomic E-state index is 0.160. The molecule has 0 bridgehead atoms. The molecule has 0 saturated heterocycles. The van der Waals surface area contributed by atoms with E-state index in [1.807, 2.05) is 18.0 Å². The Morgan fingerprint density at radius 3 is 2.33 bits per heavy atom. The van der Waals surface area contributed by atoms with E-state index in [1.165, 1.54) is 22.6 Å². The summed E-state index contributed by atoms with van der Waals surface area (Å²) in [6.07, 6.45) is 2.04. The smallest absolute Gasteiger partial charge is 0.0544 e. The number of hydrogen-bond acceptors (Lipinski definition) is 3. The first kappa shape index (κ1) is 19.0. The summed E-state index contributed by atoms with van der Waals surface area (Å²) >= 11 is 2.00. The van der Waals surface area contributed by atoms with E-state index in [9.17, 15) is 0 Å². The van der Waals surface area contributed by atoms with Crippen molar-refractivity contribution in [2.24, 2.45) is 0 Å². The average Bonchev–Trinajstić information content (AvgIpc) is 2.55. The summed E-state index contributed by atoms with van der Waals surface area (Å²) in [7, 11) is 0. The van der Waals surface area contributed by atoms with E-state index in [1.54, 1.807) is 0 Å². The van der Waals surface area contributed by atoms with Gasteiger partial charge in [-0.25, -0.2) is 0 Å². The van der Waals surface area contributed by atoms with Crippen molar-refractivity contribution in [1.29, 1.82) is 0 Å². The lowest BCUT2D eigenvalue weighted by atomic mass is 9.88. The van der Waals surface area contributed by atoms with Crippen molar-refractivity contribution in [2.45, 2.75) is 46.2 Å². The lowest BCUT2D eigenvalue weighted by Gasteiger charge is -2.23. The fraction of sp³-hybridized carbons (Fsp3) is 0.476. The summed E-state index contributed by atoms with van der Waals surface area (Å²) in [5.41, 5.74) is 3.97. The minimum atomic E-state index is 0.160. The van der Waals surface area contributed by atoms with Crippen LogP contribution in [0, 0.1) is 0 Å². The maximum Gasteiger partial charge on any atom is 0.0544 e. The van der Waals surface area contributed by atoms with Gasteiger partial charge >= 0.3 is 0 Å². The summed E-state index contributed by atoms with van der Waals surface area (Å²) in [6, 6.07) is 15.1. The van der Waals surface area contributed by atoms with Gasteiger partial charge in [0.2, 0.25) is 0 Å². The summed E-state index contributed by atoms with van der Waals surface area (Å²) in [6.45, 7) is 11.9. The van der Waals surface area contributed by atoms with Crippen molar-refractivity contribution in [2.75, 3.05) is 18.1 Å². The van der Waals surface area contributed by atoms with Gasteiger partial charge in [-0.2, -0.15) is 11.8 Å². The molecule has 0 aliphatic rings. The Labute approximate surface area is 151 Å². The van der Waals surface area contributed by atoms with Gasteiger partial charge in [0.15, 0.2) is 0 Å². The zero-order valence-electron chi connectivity index (χ0n) is 15.5. The molecule has 0 aliphatic carbocycles. The molecule has 0 unspecified atom stereocenters. The third kappa shape index (κ3) is 6.29. The van der Waals surface area contributed by atoms with Gasteiger partial charge in [-0.3, -0.25) is 9.88 Å². The fourth-order valence-corrected chi connectivity index (χ4v) is 3.26. The van der Waals surface area contributed by atoms with Crippen LogP contribution in [0.4, 0.5) is 0 Å². The summed E-state index contributed by atoms with van der Waals surface area (Å²) in [5, 5.41) is 0. The molecule has 2 rings (SSSR count). The van der Waals surface area contributed by atoms with Crippen LogP contribution in [0.5, 0.6) is 0 Å².